The first-order chi connectivity index (χ1) is 16.5. The Morgan fingerprint density at radius 1 is 0.857 bits per heavy atom. The molecule has 5 nitrogen and oxygen atoms in total. The summed E-state index contributed by atoms with van der Waals surface area (Å²) in [6.07, 6.45) is 3.86. The van der Waals surface area contributed by atoms with Crippen molar-refractivity contribution in [3.63, 3.8) is 0 Å². The fraction of sp³-hybridized carbons (Fsp3) is 0.300. The van der Waals surface area contributed by atoms with Gasteiger partial charge in [-0.15, -0.1) is 10.2 Å². The Morgan fingerprint density at radius 2 is 1.46 bits per heavy atom. The maximum Gasteiger partial charge on any atom is 0.186 e. The molecule has 3 aromatic rings. The summed E-state index contributed by atoms with van der Waals surface area (Å²) in [7, 11) is 1.61. The van der Waals surface area contributed by atoms with Crippen LogP contribution in [0.5, 0.6) is 5.75 Å². The fourth-order valence-electron chi connectivity index (χ4n) is 4.04. The number of Topliss-reactive ketones (excluding diaryl/α,β-unsaturated/α-hetero) is 1. The molecule has 0 amide bonds. The van der Waals surface area contributed by atoms with Crippen LogP contribution in [0.4, 0.5) is 5.69 Å². The highest BCUT2D eigenvalue weighted by Crippen LogP contribution is 2.41. The van der Waals surface area contributed by atoms with Gasteiger partial charge in [0, 0.05) is 22.1 Å². The van der Waals surface area contributed by atoms with Gasteiger partial charge in [0.25, 0.3) is 0 Å². The van der Waals surface area contributed by atoms with E-state index in [9.17, 15) is 4.79 Å². The Hall–Kier alpha value is -3.73. The average molecular weight is 469 g/mol. The van der Waals surface area contributed by atoms with E-state index in [4.69, 9.17) is 9.15 Å². The number of furan rings is 1. The molecular weight excluding hydrogens is 436 g/mol. The number of carbonyl (C=O) groups is 1. The Labute approximate surface area is 206 Å². The number of carbonyl (C=O) groups excluding carboxylic acids is 1. The molecule has 0 unspecified atom stereocenters. The zero-order valence-corrected chi connectivity index (χ0v) is 21.5. The number of rotatable bonds is 4. The highest BCUT2D eigenvalue weighted by atomic mass is 16.5. The molecule has 0 bridgehead atoms. The summed E-state index contributed by atoms with van der Waals surface area (Å²) in [6, 6.07) is 17.3. The molecule has 1 aromatic heterocycles. The molecule has 0 saturated carbocycles. The van der Waals surface area contributed by atoms with Crippen LogP contribution in [-0.4, -0.2) is 12.9 Å². The van der Waals surface area contributed by atoms with E-state index in [1.165, 1.54) is 0 Å². The monoisotopic (exact) mass is 468 g/mol. The van der Waals surface area contributed by atoms with Crippen LogP contribution in [0, 0.1) is 10.8 Å². The van der Waals surface area contributed by atoms with Gasteiger partial charge in [-0.25, -0.2) is 0 Å². The summed E-state index contributed by atoms with van der Waals surface area (Å²) in [5.41, 5.74) is 3.51. The van der Waals surface area contributed by atoms with Crippen molar-refractivity contribution in [1.29, 1.82) is 0 Å². The second-order valence-electron chi connectivity index (χ2n) is 10.8. The standard InChI is InChI=1S/C30H32N2O3/c1-29(2,3)21-16-20(17-22(28(21)33)30(4,5)6)27(26-18-19-12-8-10-14-24(19)35-26)32-31-23-13-9-11-15-25(23)34-7/h8-18H,1-7H3. The molecule has 0 radical (unpaired) electrons. The van der Waals surface area contributed by atoms with Crippen molar-refractivity contribution < 1.29 is 13.9 Å². The second kappa shape index (κ2) is 9.14. The van der Waals surface area contributed by atoms with Crippen LogP contribution in [0.2, 0.25) is 0 Å². The number of nitrogens with zero attached hydrogens (tertiary/aromatic N) is 2. The Morgan fingerprint density at radius 3 is 2.06 bits per heavy atom. The minimum atomic E-state index is -0.341. The number of ether oxygens (including phenoxy) is 1. The van der Waals surface area contributed by atoms with Crippen molar-refractivity contribution in [2.45, 2.75) is 41.5 Å². The normalized spacial score (nSPS) is 14.9. The molecule has 180 valence electrons. The van der Waals surface area contributed by atoms with Crippen molar-refractivity contribution in [2.75, 3.05) is 7.11 Å². The maximum absolute atomic E-state index is 13.5. The summed E-state index contributed by atoms with van der Waals surface area (Å²) in [5, 5.41) is 10.2. The molecule has 4 rings (SSSR count). The van der Waals surface area contributed by atoms with Gasteiger partial charge in [0.15, 0.2) is 11.5 Å². The van der Waals surface area contributed by atoms with Gasteiger partial charge in [0.1, 0.15) is 22.7 Å². The number of hydrogen-bond donors (Lipinski definition) is 0. The zero-order valence-electron chi connectivity index (χ0n) is 21.5. The van der Waals surface area contributed by atoms with E-state index < -0.39 is 0 Å². The van der Waals surface area contributed by atoms with E-state index >= 15 is 0 Å². The highest BCUT2D eigenvalue weighted by Gasteiger charge is 2.35. The SMILES string of the molecule is COc1ccccc1N=NC(=C1C=C(C(C)(C)C)C(=O)C(C(C)(C)C)=C1)c1cc2ccccc2o1. The molecule has 35 heavy (non-hydrogen) atoms. The minimum absolute atomic E-state index is 0.0689. The molecule has 1 aliphatic carbocycles. The minimum Gasteiger partial charge on any atom is -0.494 e. The molecule has 1 aliphatic rings. The van der Waals surface area contributed by atoms with Gasteiger partial charge in [-0.05, 0) is 47.2 Å². The maximum atomic E-state index is 13.5. The first kappa shape index (κ1) is 24.4. The van der Waals surface area contributed by atoms with Gasteiger partial charge in [0.05, 0.1) is 7.11 Å². The van der Waals surface area contributed by atoms with Gasteiger partial charge in [-0.3, -0.25) is 4.79 Å². The molecule has 0 aliphatic heterocycles. The molecule has 1 heterocycles. The predicted molar refractivity (Wildman–Crippen MR) is 141 cm³/mol. The van der Waals surface area contributed by atoms with Crippen LogP contribution < -0.4 is 4.74 Å². The van der Waals surface area contributed by atoms with Crippen LogP contribution in [0.3, 0.4) is 0 Å². The summed E-state index contributed by atoms with van der Waals surface area (Å²) < 4.78 is 11.7. The largest absolute Gasteiger partial charge is 0.494 e. The Bertz CT molecular complexity index is 1330. The molecule has 0 fully saturated rings. The smallest absolute Gasteiger partial charge is 0.186 e. The lowest BCUT2D eigenvalue weighted by Crippen LogP contribution is -2.28. The van der Waals surface area contributed by atoms with Crippen molar-refractivity contribution >= 4 is 28.1 Å². The van der Waals surface area contributed by atoms with E-state index in [1.807, 2.05) is 66.7 Å². The Kier molecular flexibility index (Phi) is 6.37. The van der Waals surface area contributed by atoms with E-state index in [1.54, 1.807) is 7.11 Å². The van der Waals surface area contributed by atoms with Gasteiger partial charge >= 0.3 is 0 Å². The average Bonchev–Trinajstić information content (AvgIpc) is 3.22. The Balaban J connectivity index is 2.00. The number of methoxy groups -OCH3 is 1. The zero-order chi connectivity index (χ0) is 25.4. The molecule has 5 heteroatoms. The summed E-state index contributed by atoms with van der Waals surface area (Å²) >= 11 is 0. The van der Waals surface area contributed by atoms with Crippen molar-refractivity contribution in [3.05, 3.63) is 89.2 Å². The lowest BCUT2D eigenvalue weighted by Gasteiger charge is -2.31. The van der Waals surface area contributed by atoms with E-state index in [0.29, 0.717) is 22.9 Å². The summed E-state index contributed by atoms with van der Waals surface area (Å²) in [6.45, 7) is 12.3. The number of ketones is 1. The number of benzene rings is 2. The summed E-state index contributed by atoms with van der Waals surface area (Å²) in [5.74, 6) is 1.28. The topological polar surface area (TPSA) is 64.2 Å². The fourth-order valence-corrected chi connectivity index (χ4v) is 4.04. The van der Waals surface area contributed by atoms with Gasteiger partial charge in [-0.1, -0.05) is 71.9 Å². The van der Waals surface area contributed by atoms with Crippen LogP contribution in [0.15, 0.2) is 98.1 Å². The highest BCUT2D eigenvalue weighted by molar-refractivity contribution is 6.12. The number of fused-ring (bicyclic) bond motifs is 1. The molecule has 0 spiro atoms. The van der Waals surface area contributed by atoms with Crippen LogP contribution in [0.1, 0.15) is 47.3 Å². The van der Waals surface area contributed by atoms with Gasteiger partial charge < -0.3 is 9.15 Å². The van der Waals surface area contributed by atoms with Gasteiger partial charge in [0.2, 0.25) is 0 Å². The van der Waals surface area contributed by atoms with Crippen molar-refractivity contribution in [1.82, 2.24) is 0 Å². The number of allylic oxidation sites excluding steroid dienone is 5. The van der Waals surface area contributed by atoms with Crippen molar-refractivity contribution in [3.8, 4) is 5.75 Å². The van der Waals surface area contributed by atoms with E-state index in [2.05, 4.69) is 51.8 Å². The first-order valence-corrected chi connectivity index (χ1v) is 11.8. The van der Waals surface area contributed by atoms with E-state index in [0.717, 1.165) is 27.7 Å². The lowest BCUT2D eigenvalue weighted by molar-refractivity contribution is -0.114. The second-order valence-corrected chi connectivity index (χ2v) is 10.8. The van der Waals surface area contributed by atoms with Crippen LogP contribution in [-0.2, 0) is 4.79 Å². The molecule has 0 atom stereocenters. The first-order valence-electron chi connectivity index (χ1n) is 11.8. The molecule has 2 aromatic carbocycles. The lowest BCUT2D eigenvalue weighted by atomic mass is 9.71. The molecule has 0 N–H and O–H groups in total. The van der Waals surface area contributed by atoms with Crippen LogP contribution in [0.25, 0.3) is 16.7 Å². The predicted octanol–water partition coefficient (Wildman–Crippen LogP) is 8.46. The molecule has 0 saturated heterocycles. The van der Waals surface area contributed by atoms with Crippen LogP contribution >= 0.6 is 0 Å². The third-order valence-electron chi connectivity index (χ3n) is 5.98. The number of para-hydroxylation sites is 2. The quantitative estimate of drug-likeness (QED) is 0.361. The number of hydrogen-bond acceptors (Lipinski definition) is 5. The third-order valence-corrected chi connectivity index (χ3v) is 5.98. The van der Waals surface area contributed by atoms with E-state index in [-0.39, 0.29) is 16.6 Å². The molecular formula is C30H32N2O3. The number of azo groups is 1. The summed E-state index contributed by atoms with van der Waals surface area (Å²) in [4.78, 5) is 13.5. The van der Waals surface area contributed by atoms with Crippen molar-refractivity contribution in [2.24, 2.45) is 21.1 Å². The van der Waals surface area contributed by atoms with Gasteiger partial charge in [-0.2, -0.15) is 0 Å². The third kappa shape index (κ3) is 5.04.